The number of aromatic nitrogens is 5. The highest BCUT2D eigenvalue weighted by Crippen LogP contribution is 2.17. The van der Waals surface area contributed by atoms with E-state index in [-0.39, 0.29) is 0 Å². The highest BCUT2D eigenvalue weighted by molar-refractivity contribution is 5.20. The van der Waals surface area contributed by atoms with Crippen molar-refractivity contribution in [1.82, 2.24) is 29.9 Å². The molecule has 120 valence electrons. The van der Waals surface area contributed by atoms with Crippen LogP contribution in [-0.4, -0.2) is 24.5 Å². The molecule has 6 nitrogen and oxygen atoms in total. The summed E-state index contributed by atoms with van der Waals surface area (Å²) in [6.45, 7) is 7.01. The van der Waals surface area contributed by atoms with E-state index in [9.17, 15) is 0 Å². The number of fused-ring (bicyclic) bond motifs is 1. The standard InChI is InChI=1S/C16H26N6/c1-12(2)16-13(11-21(3)20-16)9-17-10-15-19-18-14-7-5-4-6-8-22(14)15/h11-12,17H,4-10H2,1-3H3. The Hall–Kier alpha value is -1.69. The number of nitrogens with one attached hydrogen (secondary N) is 1. The number of hydrogen-bond acceptors (Lipinski definition) is 4. The Morgan fingerprint density at radius 1 is 1.18 bits per heavy atom. The molecule has 0 spiro atoms. The fourth-order valence-corrected chi connectivity index (χ4v) is 3.16. The highest BCUT2D eigenvalue weighted by atomic mass is 15.3. The van der Waals surface area contributed by atoms with E-state index in [1.54, 1.807) is 0 Å². The molecule has 3 rings (SSSR count). The van der Waals surface area contributed by atoms with Gasteiger partial charge in [-0.05, 0) is 18.8 Å². The number of hydrogen-bond donors (Lipinski definition) is 1. The van der Waals surface area contributed by atoms with Gasteiger partial charge in [0.25, 0.3) is 0 Å². The van der Waals surface area contributed by atoms with Crippen LogP contribution in [0.1, 0.15) is 61.9 Å². The number of rotatable bonds is 5. The Morgan fingerprint density at radius 3 is 2.86 bits per heavy atom. The largest absolute Gasteiger partial charge is 0.314 e. The minimum Gasteiger partial charge on any atom is -0.314 e. The topological polar surface area (TPSA) is 60.6 Å². The molecule has 3 heterocycles. The average molecular weight is 302 g/mol. The molecule has 22 heavy (non-hydrogen) atoms. The monoisotopic (exact) mass is 302 g/mol. The summed E-state index contributed by atoms with van der Waals surface area (Å²) in [5.74, 6) is 2.66. The predicted molar refractivity (Wildman–Crippen MR) is 85.4 cm³/mol. The molecule has 0 atom stereocenters. The smallest absolute Gasteiger partial charge is 0.147 e. The normalized spacial score (nSPS) is 15.1. The van der Waals surface area contributed by atoms with Crippen LogP contribution in [0.5, 0.6) is 0 Å². The van der Waals surface area contributed by atoms with Crippen molar-refractivity contribution in [3.63, 3.8) is 0 Å². The molecule has 0 amide bonds. The lowest BCUT2D eigenvalue weighted by molar-refractivity contribution is 0.571. The molecule has 0 aliphatic carbocycles. The zero-order chi connectivity index (χ0) is 15.5. The molecule has 2 aromatic rings. The van der Waals surface area contributed by atoms with Gasteiger partial charge in [0, 0.05) is 38.3 Å². The van der Waals surface area contributed by atoms with Gasteiger partial charge in [-0.3, -0.25) is 4.68 Å². The van der Waals surface area contributed by atoms with Gasteiger partial charge in [-0.1, -0.05) is 20.3 Å². The molecule has 0 saturated carbocycles. The Labute approximate surface area is 131 Å². The maximum Gasteiger partial charge on any atom is 0.147 e. The van der Waals surface area contributed by atoms with Gasteiger partial charge in [-0.15, -0.1) is 10.2 Å². The summed E-state index contributed by atoms with van der Waals surface area (Å²) in [7, 11) is 1.98. The lowest BCUT2D eigenvalue weighted by atomic mass is 10.1. The van der Waals surface area contributed by atoms with Crippen molar-refractivity contribution < 1.29 is 0 Å². The maximum absolute atomic E-state index is 4.55. The molecule has 0 bridgehead atoms. The molecular weight excluding hydrogens is 276 g/mol. The van der Waals surface area contributed by atoms with E-state index in [1.165, 1.54) is 30.5 Å². The van der Waals surface area contributed by atoms with Crippen LogP contribution < -0.4 is 5.32 Å². The van der Waals surface area contributed by atoms with E-state index >= 15 is 0 Å². The SMILES string of the molecule is CC(C)c1nn(C)cc1CNCc1nnc2n1CCCCC2. The third kappa shape index (κ3) is 3.21. The van der Waals surface area contributed by atoms with E-state index in [1.807, 2.05) is 11.7 Å². The van der Waals surface area contributed by atoms with Crippen LogP contribution in [0.2, 0.25) is 0 Å². The van der Waals surface area contributed by atoms with Crippen molar-refractivity contribution in [2.24, 2.45) is 7.05 Å². The molecule has 2 aromatic heterocycles. The van der Waals surface area contributed by atoms with E-state index < -0.39 is 0 Å². The summed E-state index contributed by atoms with van der Waals surface area (Å²) in [5.41, 5.74) is 2.45. The van der Waals surface area contributed by atoms with Gasteiger partial charge >= 0.3 is 0 Å². The molecule has 1 aliphatic rings. The minimum atomic E-state index is 0.447. The summed E-state index contributed by atoms with van der Waals surface area (Å²) in [4.78, 5) is 0. The Balaban J connectivity index is 1.63. The highest BCUT2D eigenvalue weighted by Gasteiger charge is 2.15. The first kappa shape index (κ1) is 15.2. The summed E-state index contributed by atoms with van der Waals surface area (Å²) in [6, 6.07) is 0. The fourth-order valence-electron chi connectivity index (χ4n) is 3.16. The Kier molecular flexibility index (Phi) is 4.57. The van der Waals surface area contributed by atoms with Gasteiger partial charge in [0.05, 0.1) is 12.2 Å². The van der Waals surface area contributed by atoms with Crippen molar-refractivity contribution in [1.29, 1.82) is 0 Å². The molecule has 6 heteroatoms. The third-order valence-corrected chi connectivity index (χ3v) is 4.27. The molecular formula is C16H26N6. The molecule has 0 saturated heterocycles. The van der Waals surface area contributed by atoms with Gasteiger partial charge in [-0.25, -0.2) is 0 Å². The van der Waals surface area contributed by atoms with Crippen LogP contribution in [0, 0.1) is 0 Å². The molecule has 0 unspecified atom stereocenters. The Morgan fingerprint density at radius 2 is 2.05 bits per heavy atom. The van der Waals surface area contributed by atoms with E-state index in [0.29, 0.717) is 5.92 Å². The van der Waals surface area contributed by atoms with Crippen LogP contribution in [0.4, 0.5) is 0 Å². The molecule has 1 N–H and O–H groups in total. The van der Waals surface area contributed by atoms with Gasteiger partial charge in [0.15, 0.2) is 0 Å². The summed E-state index contributed by atoms with van der Waals surface area (Å²) in [5, 5.41) is 16.8. The third-order valence-electron chi connectivity index (χ3n) is 4.27. The molecule has 0 aromatic carbocycles. The first-order valence-corrected chi connectivity index (χ1v) is 8.29. The summed E-state index contributed by atoms with van der Waals surface area (Å²) in [6.07, 6.45) is 6.93. The number of aryl methyl sites for hydroxylation is 2. The second-order valence-corrected chi connectivity index (χ2v) is 6.47. The second-order valence-electron chi connectivity index (χ2n) is 6.47. The average Bonchev–Trinajstić information content (AvgIpc) is 2.95. The lowest BCUT2D eigenvalue weighted by Crippen LogP contribution is -2.18. The van der Waals surface area contributed by atoms with E-state index in [0.717, 1.165) is 37.7 Å². The van der Waals surface area contributed by atoms with Crippen LogP contribution in [0.3, 0.4) is 0 Å². The van der Waals surface area contributed by atoms with Crippen LogP contribution in [-0.2, 0) is 33.1 Å². The maximum atomic E-state index is 4.55. The first-order valence-electron chi connectivity index (χ1n) is 8.29. The zero-order valence-corrected chi connectivity index (χ0v) is 13.8. The second kappa shape index (κ2) is 6.60. The van der Waals surface area contributed by atoms with Crippen molar-refractivity contribution in [3.05, 3.63) is 29.1 Å². The first-order chi connectivity index (χ1) is 10.6. The number of nitrogens with zero attached hydrogens (tertiary/aromatic N) is 5. The molecule has 0 fully saturated rings. The van der Waals surface area contributed by atoms with Gasteiger partial charge in [-0.2, -0.15) is 5.10 Å². The zero-order valence-electron chi connectivity index (χ0n) is 13.8. The lowest BCUT2D eigenvalue weighted by Gasteiger charge is -2.09. The van der Waals surface area contributed by atoms with Crippen molar-refractivity contribution in [2.75, 3.05) is 0 Å². The summed E-state index contributed by atoms with van der Waals surface area (Å²) >= 11 is 0. The Bertz CT molecular complexity index is 625. The van der Waals surface area contributed by atoms with Crippen molar-refractivity contribution in [2.45, 2.75) is 65.1 Å². The minimum absolute atomic E-state index is 0.447. The van der Waals surface area contributed by atoms with Gasteiger partial charge < -0.3 is 9.88 Å². The molecule has 1 aliphatic heterocycles. The van der Waals surface area contributed by atoms with Crippen LogP contribution in [0.15, 0.2) is 6.20 Å². The van der Waals surface area contributed by atoms with E-state index in [4.69, 9.17) is 0 Å². The van der Waals surface area contributed by atoms with Crippen molar-refractivity contribution in [3.8, 4) is 0 Å². The van der Waals surface area contributed by atoms with Gasteiger partial charge in [0.2, 0.25) is 0 Å². The quantitative estimate of drug-likeness (QED) is 0.919. The summed E-state index contributed by atoms with van der Waals surface area (Å²) < 4.78 is 4.20. The van der Waals surface area contributed by atoms with Gasteiger partial charge in [0.1, 0.15) is 11.6 Å². The van der Waals surface area contributed by atoms with Crippen LogP contribution >= 0.6 is 0 Å². The molecule has 0 radical (unpaired) electrons. The fraction of sp³-hybridized carbons (Fsp3) is 0.688. The predicted octanol–water partition coefficient (Wildman–Crippen LogP) is 2.15. The van der Waals surface area contributed by atoms with Crippen molar-refractivity contribution >= 4 is 0 Å². The van der Waals surface area contributed by atoms with Crippen LogP contribution in [0.25, 0.3) is 0 Å². The van der Waals surface area contributed by atoms with E-state index in [2.05, 4.69) is 45.2 Å².